The van der Waals surface area contributed by atoms with Crippen molar-refractivity contribution >= 4 is 17.7 Å². The number of halogens is 1. The summed E-state index contributed by atoms with van der Waals surface area (Å²) in [7, 11) is 0. The molecule has 14 heavy (non-hydrogen) atoms. The van der Waals surface area contributed by atoms with Crippen LogP contribution in [0.4, 0.5) is 0 Å². The second-order valence-corrected chi connectivity index (χ2v) is 2.93. The predicted molar refractivity (Wildman–Crippen MR) is 60.5 cm³/mol. The maximum absolute atomic E-state index is 5.52. The van der Waals surface area contributed by atoms with E-state index in [1.54, 1.807) is 0 Å². The zero-order valence-electron chi connectivity index (χ0n) is 7.74. The molecule has 0 aliphatic rings. The third-order valence-electron chi connectivity index (χ3n) is 1.60. The van der Waals surface area contributed by atoms with Gasteiger partial charge in [0, 0.05) is 5.88 Å². The first kappa shape index (κ1) is 10.7. The number of ether oxygens (including phenoxy) is 1. The van der Waals surface area contributed by atoms with E-state index >= 15 is 0 Å². The highest BCUT2D eigenvalue weighted by Crippen LogP contribution is 2.12. The first-order valence-electron chi connectivity index (χ1n) is 4.25. The number of hydrogen-bond donors (Lipinski definition) is 0. The van der Waals surface area contributed by atoms with Crippen LogP contribution in [0.1, 0.15) is 5.56 Å². The molecule has 0 spiro atoms. The van der Waals surface area contributed by atoms with Crippen molar-refractivity contribution in [3.8, 4) is 18.1 Å². The van der Waals surface area contributed by atoms with Crippen molar-refractivity contribution in [3.05, 3.63) is 35.9 Å². The molecule has 0 bridgehead atoms. The third-order valence-corrected chi connectivity index (χ3v) is 1.78. The van der Waals surface area contributed by atoms with Crippen LogP contribution in [0.15, 0.2) is 30.3 Å². The molecule has 1 nitrogen and oxygen atoms in total. The molecule has 0 aromatic heterocycles. The maximum Gasteiger partial charge on any atom is 0.148 e. The molecule has 2 heteroatoms. The van der Waals surface area contributed by atoms with E-state index in [-0.39, 0.29) is 0 Å². The number of alkyl halides is 1. The van der Waals surface area contributed by atoms with E-state index in [9.17, 15) is 0 Å². The van der Waals surface area contributed by atoms with Crippen LogP contribution in [0.5, 0.6) is 5.75 Å². The van der Waals surface area contributed by atoms with Gasteiger partial charge in [0.15, 0.2) is 0 Å². The third kappa shape index (κ3) is 3.55. The highest BCUT2D eigenvalue weighted by molar-refractivity contribution is 6.19. The summed E-state index contributed by atoms with van der Waals surface area (Å²) in [5.41, 5.74) is 1.10. The lowest BCUT2D eigenvalue weighted by Crippen LogP contribution is -1.92. The highest BCUT2D eigenvalue weighted by Gasteiger charge is 1.91. The Balaban J connectivity index is 2.60. The predicted octanol–water partition coefficient (Wildman–Crippen LogP) is 2.95. The van der Waals surface area contributed by atoms with E-state index < -0.39 is 0 Å². The van der Waals surface area contributed by atoms with Crippen LogP contribution in [0.3, 0.4) is 0 Å². The molecule has 0 saturated carbocycles. The van der Waals surface area contributed by atoms with E-state index in [4.69, 9.17) is 22.8 Å². The summed E-state index contributed by atoms with van der Waals surface area (Å²) in [6.07, 6.45) is 8.92. The van der Waals surface area contributed by atoms with Crippen LogP contribution in [0.2, 0.25) is 0 Å². The Labute approximate surface area is 89.3 Å². The van der Waals surface area contributed by atoms with Crippen LogP contribution in [-0.4, -0.2) is 12.5 Å². The molecule has 0 saturated heterocycles. The van der Waals surface area contributed by atoms with E-state index in [2.05, 4.69) is 5.92 Å². The molecule has 0 radical (unpaired) electrons. The lowest BCUT2D eigenvalue weighted by molar-refractivity contribution is 0.370. The van der Waals surface area contributed by atoms with Crippen molar-refractivity contribution in [1.29, 1.82) is 0 Å². The highest BCUT2D eigenvalue weighted by atomic mass is 35.5. The summed E-state index contributed by atoms with van der Waals surface area (Å²) in [4.78, 5) is 0. The molecule has 0 unspecified atom stereocenters. The Bertz CT molecular complexity index is 332. The number of hydrogen-bond acceptors (Lipinski definition) is 1. The van der Waals surface area contributed by atoms with Crippen molar-refractivity contribution in [3.63, 3.8) is 0 Å². The topological polar surface area (TPSA) is 9.23 Å². The van der Waals surface area contributed by atoms with E-state index in [0.29, 0.717) is 12.5 Å². The van der Waals surface area contributed by atoms with Crippen LogP contribution in [0.25, 0.3) is 6.08 Å². The summed E-state index contributed by atoms with van der Waals surface area (Å²) in [5.74, 6) is 3.72. The average Bonchev–Trinajstić information content (AvgIpc) is 2.25. The zero-order valence-corrected chi connectivity index (χ0v) is 8.50. The molecule has 0 atom stereocenters. The number of rotatable bonds is 4. The Kier molecular flexibility index (Phi) is 4.68. The number of benzene rings is 1. The fraction of sp³-hybridized carbons (Fsp3) is 0.167. The van der Waals surface area contributed by atoms with Gasteiger partial charge in [-0.15, -0.1) is 18.0 Å². The van der Waals surface area contributed by atoms with E-state index in [1.807, 2.05) is 36.4 Å². The van der Waals surface area contributed by atoms with Gasteiger partial charge in [-0.25, -0.2) is 0 Å². The van der Waals surface area contributed by atoms with E-state index in [0.717, 1.165) is 11.3 Å². The van der Waals surface area contributed by atoms with Gasteiger partial charge in [-0.2, -0.15) is 0 Å². The monoisotopic (exact) mass is 206 g/mol. The van der Waals surface area contributed by atoms with E-state index in [1.165, 1.54) is 0 Å². The van der Waals surface area contributed by atoms with Crippen LogP contribution >= 0.6 is 11.6 Å². The quantitative estimate of drug-likeness (QED) is 0.544. The molecule has 0 N–H and O–H groups in total. The second kappa shape index (κ2) is 6.12. The van der Waals surface area contributed by atoms with Gasteiger partial charge >= 0.3 is 0 Å². The standard InChI is InChI=1S/C12H11ClO/c1-2-10-14-12-7-5-11(6-8-12)4-3-9-13/h1,3-8H,9-10H2. The minimum Gasteiger partial charge on any atom is -0.481 e. The van der Waals surface area contributed by atoms with Crippen LogP contribution < -0.4 is 4.74 Å². The van der Waals surface area contributed by atoms with Crippen LogP contribution in [-0.2, 0) is 0 Å². The Morgan fingerprint density at radius 2 is 2.07 bits per heavy atom. The number of terminal acetylenes is 1. The van der Waals surface area contributed by atoms with Crippen molar-refractivity contribution in [1.82, 2.24) is 0 Å². The van der Waals surface area contributed by atoms with Gasteiger partial charge in [0.25, 0.3) is 0 Å². The summed E-state index contributed by atoms with van der Waals surface area (Å²) in [6.45, 7) is 0.302. The molecule has 1 aromatic carbocycles. The van der Waals surface area contributed by atoms with Gasteiger partial charge in [0.1, 0.15) is 12.4 Å². The molecule has 0 amide bonds. The van der Waals surface area contributed by atoms with Gasteiger partial charge in [0.2, 0.25) is 0 Å². The zero-order chi connectivity index (χ0) is 10.2. The normalized spacial score (nSPS) is 10.0. The number of allylic oxidation sites excluding steroid dienone is 1. The second-order valence-electron chi connectivity index (χ2n) is 2.62. The molecule has 1 aromatic rings. The fourth-order valence-electron chi connectivity index (χ4n) is 0.981. The first-order valence-corrected chi connectivity index (χ1v) is 4.79. The minimum absolute atomic E-state index is 0.302. The fourth-order valence-corrected chi connectivity index (χ4v) is 1.07. The smallest absolute Gasteiger partial charge is 0.148 e. The Hall–Kier alpha value is -1.39. The summed E-state index contributed by atoms with van der Waals surface area (Å²) in [5, 5.41) is 0. The lowest BCUT2D eigenvalue weighted by atomic mass is 10.2. The SMILES string of the molecule is C#CCOc1ccc(C=CCCl)cc1. The molecule has 1 rings (SSSR count). The summed E-state index contributed by atoms with van der Waals surface area (Å²) >= 11 is 5.52. The maximum atomic E-state index is 5.52. The summed E-state index contributed by atoms with van der Waals surface area (Å²) in [6, 6.07) is 7.67. The molecule has 72 valence electrons. The Morgan fingerprint density at radius 1 is 1.36 bits per heavy atom. The molecular weight excluding hydrogens is 196 g/mol. The molecular formula is C12H11ClO. The minimum atomic E-state index is 0.302. The van der Waals surface area contributed by atoms with Gasteiger partial charge in [0.05, 0.1) is 0 Å². The lowest BCUT2D eigenvalue weighted by Gasteiger charge is -2.01. The largest absolute Gasteiger partial charge is 0.481 e. The van der Waals surface area contributed by atoms with Gasteiger partial charge < -0.3 is 4.74 Å². The van der Waals surface area contributed by atoms with Gasteiger partial charge in [-0.3, -0.25) is 0 Å². The van der Waals surface area contributed by atoms with Crippen molar-refractivity contribution in [2.45, 2.75) is 0 Å². The molecule has 0 heterocycles. The van der Waals surface area contributed by atoms with Crippen molar-refractivity contribution in [2.75, 3.05) is 12.5 Å². The van der Waals surface area contributed by atoms with Crippen molar-refractivity contribution in [2.24, 2.45) is 0 Å². The van der Waals surface area contributed by atoms with Gasteiger partial charge in [-0.1, -0.05) is 30.2 Å². The average molecular weight is 207 g/mol. The molecule has 0 aliphatic heterocycles. The molecule has 0 fully saturated rings. The summed E-state index contributed by atoms with van der Waals surface area (Å²) < 4.78 is 5.23. The van der Waals surface area contributed by atoms with Gasteiger partial charge in [-0.05, 0) is 17.7 Å². The molecule has 0 aliphatic carbocycles. The Morgan fingerprint density at radius 3 is 2.64 bits per heavy atom. The van der Waals surface area contributed by atoms with Crippen LogP contribution in [0, 0.1) is 12.3 Å². The van der Waals surface area contributed by atoms with Crippen molar-refractivity contribution < 1.29 is 4.74 Å². The first-order chi connectivity index (χ1) is 6.86.